The number of nitrogens with zero attached hydrogens (tertiary/aromatic N) is 1. The molecule has 9 heteroatoms. The van der Waals surface area contributed by atoms with E-state index in [1.807, 2.05) is 0 Å². The summed E-state index contributed by atoms with van der Waals surface area (Å²) in [6.07, 6.45) is 1.81. The van der Waals surface area contributed by atoms with E-state index in [1.165, 1.54) is 11.2 Å². The molecule has 0 N–H and O–H groups in total. The smallest absolute Gasteiger partial charge is 0.290 e. The van der Waals surface area contributed by atoms with E-state index >= 15 is 0 Å². The van der Waals surface area contributed by atoms with Gasteiger partial charge in [-0.05, 0) is 36.8 Å². The van der Waals surface area contributed by atoms with Crippen LogP contribution in [0.3, 0.4) is 0 Å². The number of carbonyl (C=O) groups excluding carboxylic acids is 1. The van der Waals surface area contributed by atoms with Crippen molar-refractivity contribution in [3.05, 3.63) is 68.9 Å². The van der Waals surface area contributed by atoms with Crippen LogP contribution in [0.1, 0.15) is 22.7 Å². The number of hydrogen-bond donors (Lipinski definition) is 0. The number of hydrogen-bond acceptors (Lipinski definition) is 6. The van der Waals surface area contributed by atoms with Gasteiger partial charge in [0, 0.05) is 16.6 Å². The van der Waals surface area contributed by atoms with Gasteiger partial charge in [-0.25, -0.2) is 8.42 Å². The third-order valence-electron chi connectivity index (χ3n) is 4.72. The molecule has 0 bridgehead atoms. The summed E-state index contributed by atoms with van der Waals surface area (Å²) in [5.74, 6) is -0.260. The van der Waals surface area contributed by atoms with Crippen LogP contribution in [-0.2, 0) is 16.4 Å². The molecule has 1 unspecified atom stereocenters. The molecule has 3 heterocycles. The van der Waals surface area contributed by atoms with Crippen LogP contribution in [0.25, 0.3) is 11.0 Å². The molecule has 0 saturated carbocycles. The molecule has 1 amide bonds. The lowest BCUT2D eigenvalue weighted by molar-refractivity contribution is 0.0634. The van der Waals surface area contributed by atoms with Crippen molar-refractivity contribution in [2.45, 2.75) is 19.0 Å². The Labute approximate surface area is 169 Å². The van der Waals surface area contributed by atoms with Gasteiger partial charge >= 0.3 is 0 Å². The largest absolute Gasteiger partial charge is 0.467 e. The summed E-state index contributed by atoms with van der Waals surface area (Å²) >= 11 is 3.32. The molecule has 1 saturated heterocycles. The van der Waals surface area contributed by atoms with Gasteiger partial charge < -0.3 is 13.7 Å². The molecule has 1 fully saturated rings. The van der Waals surface area contributed by atoms with Crippen molar-refractivity contribution in [2.24, 2.45) is 0 Å². The van der Waals surface area contributed by atoms with E-state index in [4.69, 9.17) is 8.83 Å². The zero-order valence-electron chi connectivity index (χ0n) is 14.6. The molecule has 0 radical (unpaired) electrons. The third kappa shape index (κ3) is 3.77. The topological polar surface area (TPSA) is 97.8 Å². The minimum absolute atomic E-state index is 0.0220. The third-order valence-corrected chi connectivity index (χ3v) is 6.96. The summed E-state index contributed by atoms with van der Waals surface area (Å²) in [7, 11) is -3.21. The molecule has 146 valence electrons. The molecule has 1 aromatic carbocycles. The van der Waals surface area contributed by atoms with E-state index in [0.29, 0.717) is 22.0 Å². The highest BCUT2D eigenvalue weighted by Crippen LogP contribution is 2.24. The van der Waals surface area contributed by atoms with Gasteiger partial charge in [-0.3, -0.25) is 9.59 Å². The summed E-state index contributed by atoms with van der Waals surface area (Å²) in [5, 5.41) is 0.362. The molecule has 2 aromatic heterocycles. The van der Waals surface area contributed by atoms with Crippen molar-refractivity contribution in [3.8, 4) is 0 Å². The predicted molar refractivity (Wildman–Crippen MR) is 106 cm³/mol. The number of amides is 1. The van der Waals surface area contributed by atoms with Crippen LogP contribution in [-0.4, -0.2) is 36.8 Å². The van der Waals surface area contributed by atoms with Crippen molar-refractivity contribution >= 4 is 42.6 Å². The van der Waals surface area contributed by atoms with E-state index in [1.54, 1.807) is 30.3 Å². The van der Waals surface area contributed by atoms with Gasteiger partial charge in [0.05, 0.1) is 29.7 Å². The zero-order valence-corrected chi connectivity index (χ0v) is 17.0. The summed E-state index contributed by atoms with van der Waals surface area (Å²) in [6, 6.07) is 8.98. The monoisotopic (exact) mass is 465 g/mol. The first-order chi connectivity index (χ1) is 13.3. The molecular weight excluding hydrogens is 450 g/mol. The summed E-state index contributed by atoms with van der Waals surface area (Å²) in [4.78, 5) is 27.0. The second kappa shape index (κ2) is 7.21. The lowest BCUT2D eigenvalue weighted by Crippen LogP contribution is -2.40. The fourth-order valence-corrected chi connectivity index (χ4v) is 5.40. The van der Waals surface area contributed by atoms with Gasteiger partial charge in [-0.1, -0.05) is 15.9 Å². The lowest BCUT2D eigenvalue weighted by Gasteiger charge is -2.26. The number of carbonyl (C=O) groups is 1. The van der Waals surface area contributed by atoms with E-state index < -0.39 is 21.8 Å². The highest BCUT2D eigenvalue weighted by molar-refractivity contribution is 9.10. The SMILES string of the molecule is O=C(c1cc(=O)c2ccc(Br)cc2o1)N(Cc1ccco1)C1CCS(=O)(=O)C1. The molecular formula is C19H16BrNO6S. The van der Waals surface area contributed by atoms with Gasteiger partial charge in [-0.2, -0.15) is 0 Å². The average Bonchev–Trinajstić information content (AvgIpc) is 3.27. The quantitative estimate of drug-likeness (QED) is 0.587. The molecule has 7 nitrogen and oxygen atoms in total. The summed E-state index contributed by atoms with van der Waals surface area (Å²) in [6.45, 7) is 0.0895. The zero-order chi connectivity index (χ0) is 19.9. The van der Waals surface area contributed by atoms with Crippen molar-refractivity contribution in [3.63, 3.8) is 0 Å². The number of benzene rings is 1. The molecule has 0 spiro atoms. The fraction of sp³-hybridized carbons (Fsp3) is 0.263. The van der Waals surface area contributed by atoms with Crippen molar-refractivity contribution < 1.29 is 22.0 Å². The maximum Gasteiger partial charge on any atom is 0.290 e. The molecule has 0 aliphatic carbocycles. The van der Waals surface area contributed by atoms with Gasteiger partial charge in [0.25, 0.3) is 5.91 Å². The van der Waals surface area contributed by atoms with Crippen molar-refractivity contribution in [2.75, 3.05) is 11.5 Å². The van der Waals surface area contributed by atoms with Crippen LogP contribution < -0.4 is 5.43 Å². The van der Waals surface area contributed by atoms with Crippen LogP contribution in [0.5, 0.6) is 0 Å². The first-order valence-electron chi connectivity index (χ1n) is 8.59. The predicted octanol–water partition coefficient (Wildman–Crippen LogP) is 2.98. The average molecular weight is 466 g/mol. The second-order valence-electron chi connectivity index (χ2n) is 6.68. The van der Waals surface area contributed by atoms with Crippen molar-refractivity contribution in [1.82, 2.24) is 4.90 Å². The molecule has 4 rings (SSSR count). The Morgan fingerprint density at radius 2 is 2.07 bits per heavy atom. The first kappa shape index (κ1) is 18.9. The van der Waals surface area contributed by atoms with Gasteiger partial charge in [0.1, 0.15) is 11.3 Å². The molecule has 1 aliphatic rings. The van der Waals surface area contributed by atoms with Crippen LogP contribution in [0.4, 0.5) is 0 Å². The number of furan rings is 1. The fourth-order valence-electron chi connectivity index (χ4n) is 3.33. The van der Waals surface area contributed by atoms with E-state index in [2.05, 4.69) is 15.9 Å². The Balaban J connectivity index is 1.74. The normalized spacial score (nSPS) is 18.4. The molecule has 1 atom stereocenters. The van der Waals surface area contributed by atoms with Gasteiger partial charge in [0.15, 0.2) is 21.0 Å². The maximum atomic E-state index is 13.2. The molecule has 3 aromatic rings. The van der Waals surface area contributed by atoms with Gasteiger partial charge in [0.2, 0.25) is 0 Å². The number of sulfone groups is 1. The summed E-state index contributed by atoms with van der Waals surface area (Å²) < 4.78 is 35.6. The number of fused-ring (bicyclic) bond motifs is 1. The minimum atomic E-state index is -3.21. The van der Waals surface area contributed by atoms with E-state index in [0.717, 1.165) is 6.07 Å². The Morgan fingerprint density at radius 1 is 1.25 bits per heavy atom. The molecule has 1 aliphatic heterocycles. The van der Waals surface area contributed by atoms with E-state index in [9.17, 15) is 18.0 Å². The highest BCUT2D eigenvalue weighted by Gasteiger charge is 2.36. The maximum absolute atomic E-state index is 13.2. The Morgan fingerprint density at radius 3 is 2.75 bits per heavy atom. The number of halogens is 1. The standard InChI is InChI=1S/C19H16BrNO6S/c20-12-3-4-15-16(22)9-18(27-17(15)8-12)19(23)21(10-14-2-1-6-26-14)13-5-7-28(24,25)11-13/h1-4,6,8-9,13H,5,7,10-11H2. The second-order valence-corrected chi connectivity index (χ2v) is 9.83. The number of rotatable bonds is 4. The van der Waals surface area contributed by atoms with Crippen LogP contribution in [0.15, 0.2) is 60.8 Å². The highest BCUT2D eigenvalue weighted by atomic mass is 79.9. The molecule has 28 heavy (non-hydrogen) atoms. The first-order valence-corrected chi connectivity index (χ1v) is 11.2. The Hall–Kier alpha value is -2.39. The Kier molecular flexibility index (Phi) is 4.88. The Bertz CT molecular complexity index is 1200. The summed E-state index contributed by atoms with van der Waals surface area (Å²) in [5.41, 5.74) is -0.0590. The van der Waals surface area contributed by atoms with Crippen LogP contribution in [0.2, 0.25) is 0 Å². The lowest BCUT2D eigenvalue weighted by atomic mass is 10.1. The van der Waals surface area contributed by atoms with Gasteiger partial charge in [-0.15, -0.1) is 0 Å². The van der Waals surface area contributed by atoms with E-state index in [-0.39, 0.29) is 34.8 Å². The van der Waals surface area contributed by atoms with Crippen LogP contribution in [0, 0.1) is 0 Å². The van der Waals surface area contributed by atoms with Crippen molar-refractivity contribution in [1.29, 1.82) is 0 Å². The minimum Gasteiger partial charge on any atom is -0.467 e. The van der Waals surface area contributed by atoms with Crippen LogP contribution >= 0.6 is 15.9 Å².